The number of aromatic carboxylic acids is 1. The fourth-order valence-electron chi connectivity index (χ4n) is 3.51. The highest BCUT2D eigenvalue weighted by Crippen LogP contribution is 2.42. The first-order chi connectivity index (χ1) is 9.98. The van der Waals surface area contributed by atoms with Crippen LogP contribution in [0.2, 0.25) is 0 Å². The van der Waals surface area contributed by atoms with Gasteiger partial charge in [0.1, 0.15) is 12.2 Å². The molecule has 1 aromatic rings. The lowest BCUT2D eigenvalue weighted by Crippen LogP contribution is -2.44. The van der Waals surface area contributed by atoms with Crippen LogP contribution in [0.1, 0.15) is 49.9 Å². The highest BCUT2D eigenvalue weighted by Gasteiger charge is 2.33. The molecule has 1 N–H and O–H groups in total. The zero-order chi connectivity index (χ0) is 15.0. The molecule has 4 nitrogen and oxygen atoms in total. The summed E-state index contributed by atoms with van der Waals surface area (Å²) in [4.78, 5) is 13.7. The van der Waals surface area contributed by atoms with Gasteiger partial charge >= 0.3 is 5.97 Å². The molecular formula is C17H23NO3. The van der Waals surface area contributed by atoms with E-state index in [0.717, 1.165) is 12.2 Å². The Morgan fingerprint density at radius 3 is 2.71 bits per heavy atom. The summed E-state index contributed by atoms with van der Waals surface area (Å²) in [6.07, 6.45) is 4.79. The van der Waals surface area contributed by atoms with E-state index in [9.17, 15) is 9.90 Å². The topological polar surface area (TPSA) is 49.8 Å². The number of hydrogen-bond donors (Lipinski definition) is 1. The molecule has 0 amide bonds. The molecule has 1 aromatic carbocycles. The third kappa shape index (κ3) is 2.71. The molecule has 0 aromatic heterocycles. The summed E-state index contributed by atoms with van der Waals surface area (Å²) < 4.78 is 5.66. The predicted octanol–water partition coefficient (Wildman–Crippen LogP) is 3.55. The number of carboxylic acids is 1. The van der Waals surface area contributed by atoms with Gasteiger partial charge in [0.25, 0.3) is 0 Å². The van der Waals surface area contributed by atoms with Crippen LogP contribution in [-0.2, 0) is 0 Å². The first-order valence-corrected chi connectivity index (χ1v) is 7.74. The van der Waals surface area contributed by atoms with Crippen molar-refractivity contribution in [3.8, 4) is 5.75 Å². The number of carboxylic acid groups (broad SMARTS) is 1. The molecule has 1 fully saturated rings. The Morgan fingerprint density at radius 2 is 2.05 bits per heavy atom. The van der Waals surface area contributed by atoms with Crippen molar-refractivity contribution in [3.05, 3.63) is 23.8 Å². The first-order valence-electron chi connectivity index (χ1n) is 7.74. The van der Waals surface area contributed by atoms with Crippen LogP contribution in [0.4, 0.5) is 5.69 Å². The Morgan fingerprint density at radius 1 is 1.33 bits per heavy atom. The number of carbonyl (C=O) groups is 1. The molecule has 4 heteroatoms. The standard InChI is InChI=1S/C17H23NO3/c1-17(2)8-6-12(7-9-17)18-10-11-21-15-13(16(19)20)4-3-5-14(15)18/h3-5,12H,6-11H2,1-2H3,(H,19,20). The SMILES string of the molecule is CC1(C)CCC(N2CCOc3c(C(=O)O)cccc32)CC1. The molecule has 1 heterocycles. The van der Waals surface area contributed by atoms with E-state index in [-0.39, 0.29) is 5.56 Å². The van der Waals surface area contributed by atoms with Crippen molar-refractivity contribution >= 4 is 11.7 Å². The number of anilines is 1. The Balaban J connectivity index is 1.88. The van der Waals surface area contributed by atoms with Crippen LogP contribution in [0.3, 0.4) is 0 Å². The fraction of sp³-hybridized carbons (Fsp3) is 0.588. The van der Waals surface area contributed by atoms with Gasteiger partial charge < -0.3 is 14.7 Å². The minimum Gasteiger partial charge on any atom is -0.489 e. The van der Waals surface area contributed by atoms with Gasteiger partial charge in [-0.15, -0.1) is 0 Å². The Kier molecular flexibility index (Phi) is 3.56. The van der Waals surface area contributed by atoms with Crippen molar-refractivity contribution < 1.29 is 14.6 Å². The summed E-state index contributed by atoms with van der Waals surface area (Å²) in [5, 5.41) is 9.31. The maximum atomic E-state index is 11.3. The van der Waals surface area contributed by atoms with Gasteiger partial charge in [0.2, 0.25) is 0 Å². The quantitative estimate of drug-likeness (QED) is 0.904. The number of para-hydroxylation sites is 1. The molecule has 114 valence electrons. The minimum absolute atomic E-state index is 0.272. The molecule has 0 atom stereocenters. The third-order valence-corrected chi connectivity index (χ3v) is 4.86. The number of nitrogens with zero attached hydrogens (tertiary/aromatic N) is 1. The van der Waals surface area contributed by atoms with Crippen LogP contribution in [0.15, 0.2) is 18.2 Å². The molecule has 0 bridgehead atoms. The summed E-state index contributed by atoms with van der Waals surface area (Å²) in [6.45, 7) is 6.08. The van der Waals surface area contributed by atoms with Crippen molar-refractivity contribution in [1.29, 1.82) is 0 Å². The molecular weight excluding hydrogens is 266 g/mol. The monoisotopic (exact) mass is 289 g/mol. The van der Waals surface area contributed by atoms with E-state index in [4.69, 9.17) is 4.74 Å². The summed E-state index contributed by atoms with van der Waals surface area (Å²) in [6, 6.07) is 5.93. The second-order valence-corrected chi connectivity index (χ2v) is 6.90. The maximum absolute atomic E-state index is 11.3. The number of benzene rings is 1. The van der Waals surface area contributed by atoms with E-state index in [2.05, 4.69) is 18.7 Å². The van der Waals surface area contributed by atoms with Gasteiger partial charge in [-0.2, -0.15) is 0 Å². The molecule has 1 aliphatic heterocycles. The lowest BCUT2D eigenvalue weighted by atomic mass is 9.75. The van der Waals surface area contributed by atoms with Crippen molar-refractivity contribution in [1.82, 2.24) is 0 Å². The van der Waals surface area contributed by atoms with Crippen molar-refractivity contribution in [3.63, 3.8) is 0 Å². The highest BCUT2D eigenvalue weighted by molar-refractivity contribution is 5.93. The molecule has 0 spiro atoms. The van der Waals surface area contributed by atoms with E-state index >= 15 is 0 Å². The van der Waals surface area contributed by atoms with Gasteiger partial charge in [-0.3, -0.25) is 0 Å². The Labute approximate surface area is 125 Å². The predicted molar refractivity (Wildman–Crippen MR) is 82.3 cm³/mol. The van der Waals surface area contributed by atoms with Gasteiger partial charge in [0, 0.05) is 6.04 Å². The Hall–Kier alpha value is -1.71. The molecule has 21 heavy (non-hydrogen) atoms. The third-order valence-electron chi connectivity index (χ3n) is 4.86. The maximum Gasteiger partial charge on any atom is 0.339 e. The van der Waals surface area contributed by atoms with E-state index < -0.39 is 5.97 Å². The van der Waals surface area contributed by atoms with Gasteiger partial charge in [-0.1, -0.05) is 19.9 Å². The number of rotatable bonds is 2. The summed E-state index contributed by atoms with van der Waals surface area (Å²) in [5.74, 6) is -0.375. The molecule has 1 aliphatic carbocycles. The Bertz CT molecular complexity index is 543. The zero-order valence-electron chi connectivity index (χ0n) is 12.8. The molecule has 3 rings (SSSR count). The number of hydrogen-bond acceptors (Lipinski definition) is 3. The molecule has 2 aliphatic rings. The average Bonchev–Trinajstić information content (AvgIpc) is 2.46. The van der Waals surface area contributed by atoms with Crippen LogP contribution in [0.25, 0.3) is 0 Å². The van der Waals surface area contributed by atoms with Crippen molar-refractivity contribution in [2.24, 2.45) is 5.41 Å². The number of ether oxygens (including phenoxy) is 1. The first kappa shape index (κ1) is 14.2. The van der Waals surface area contributed by atoms with Crippen LogP contribution in [-0.4, -0.2) is 30.3 Å². The largest absolute Gasteiger partial charge is 0.489 e. The van der Waals surface area contributed by atoms with Crippen LogP contribution >= 0.6 is 0 Å². The normalized spacial score (nSPS) is 21.5. The van der Waals surface area contributed by atoms with E-state index in [1.807, 2.05) is 12.1 Å². The van der Waals surface area contributed by atoms with E-state index in [1.165, 1.54) is 25.7 Å². The smallest absolute Gasteiger partial charge is 0.339 e. The van der Waals surface area contributed by atoms with Gasteiger partial charge in [-0.25, -0.2) is 4.79 Å². The molecule has 1 saturated carbocycles. The average molecular weight is 289 g/mol. The second kappa shape index (κ2) is 5.24. The van der Waals surface area contributed by atoms with Crippen molar-refractivity contribution in [2.75, 3.05) is 18.1 Å². The summed E-state index contributed by atoms with van der Waals surface area (Å²) >= 11 is 0. The van der Waals surface area contributed by atoms with Gasteiger partial charge in [0.15, 0.2) is 5.75 Å². The molecule has 0 radical (unpaired) electrons. The number of fused-ring (bicyclic) bond motifs is 1. The van der Waals surface area contributed by atoms with Crippen LogP contribution in [0.5, 0.6) is 5.75 Å². The molecule has 0 unspecified atom stereocenters. The summed E-state index contributed by atoms with van der Waals surface area (Å²) in [7, 11) is 0. The fourth-order valence-corrected chi connectivity index (χ4v) is 3.51. The van der Waals surface area contributed by atoms with E-state index in [0.29, 0.717) is 23.8 Å². The molecule has 0 saturated heterocycles. The van der Waals surface area contributed by atoms with Crippen molar-refractivity contribution in [2.45, 2.75) is 45.6 Å². The van der Waals surface area contributed by atoms with Gasteiger partial charge in [-0.05, 0) is 43.2 Å². The van der Waals surface area contributed by atoms with Gasteiger partial charge in [0.05, 0.1) is 12.2 Å². The lowest BCUT2D eigenvalue weighted by Gasteiger charge is -2.43. The van der Waals surface area contributed by atoms with Crippen LogP contribution in [0, 0.1) is 5.41 Å². The summed E-state index contributed by atoms with van der Waals surface area (Å²) in [5.41, 5.74) is 1.66. The van der Waals surface area contributed by atoms with E-state index in [1.54, 1.807) is 6.07 Å². The highest BCUT2D eigenvalue weighted by atomic mass is 16.5. The lowest BCUT2D eigenvalue weighted by molar-refractivity contribution is 0.0691. The second-order valence-electron chi connectivity index (χ2n) is 6.90. The minimum atomic E-state index is -0.918. The zero-order valence-corrected chi connectivity index (χ0v) is 12.8. The van der Waals surface area contributed by atoms with Crippen LogP contribution < -0.4 is 9.64 Å².